The van der Waals surface area contributed by atoms with Gasteiger partial charge in [0.2, 0.25) is 5.91 Å². The molecular weight excluding hydrogens is 368 g/mol. The number of benzene rings is 2. The van der Waals surface area contributed by atoms with Crippen LogP contribution in [0.5, 0.6) is 0 Å². The monoisotopic (exact) mass is 378 g/mol. The molecule has 0 heterocycles. The van der Waals surface area contributed by atoms with Crippen molar-refractivity contribution in [3.63, 3.8) is 0 Å². The molecule has 2 aromatic carbocycles. The highest BCUT2D eigenvalue weighted by atomic mass is 35.5. The number of nitrogens with zero attached hydrogens (tertiary/aromatic N) is 2. The van der Waals surface area contributed by atoms with Gasteiger partial charge < -0.3 is 10.6 Å². The van der Waals surface area contributed by atoms with E-state index in [0.29, 0.717) is 5.69 Å². The van der Waals surface area contributed by atoms with E-state index in [4.69, 9.17) is 11.6 Å². The number of hydrogen-bond donors (Lipinski definition) is 2. The van der Waals surface area contributed by atoms with Gasteiger partial charge in [0.1, 0.15) is 0 Å². The summed E-state index contributed by atoms with van der Waals surface area (Å²) in [7, 11) is 0. The lowest BCUT2D eigenvalue weighted by atomic mass is 10.1. The van der Waals surface area contributed by atoms with Crippen LogP contribution in [0.4, 0.5) is 22.7 Å². The fourth-order valence-electron chi connectivity index (χ4n) is 2.07. The van der Waals surface area contributed by atoms with Crippen molar-refractivity contribution < 1.29 is 19.4 Å². The Morgan fingerprint density at radius 3 is 1.92 bits per heavy atom. The molecule has 0 aliphatic heterocycles. The summed E-state index contributed by atoms with van der Waals surface area (Å²) in [6.07, 6.45) is 0. The topological polar surface area (TPSA) is 144 Å². The van der Waals surface area contributed by atoms with Crippen molar-refractivity contribution in [1.82, 2.24) is 0 Å². The lowest BCUT2D eigenvalue weighted by molar-refractivity contribution is -0.393. The van der Waals surface area contributed by atoms with Crippen LogP contribution in [-0.4, -0.2) is 21.7 Å². The molecule has 0 saturated heterocycles. The van der Waals surface area contributed by atoms with Gasteiger partial charge in [-0.1, -0.05) is 17.7 Å². The van der Waals surface area contributed by atoms with Gasteiger partial charge in [-0.15, -0.1) is 0 Å². The van der Waals surface area contributed by atoms with Crippen LogP contribution in [0.3, 0.4) is 0 Å². The lowest BCUT2D eigenvalue weighted by Crippen LogP contribution is -2.13. The molecule has 11 heteroatoms. The Morgan fingerprint density at radius 2 is 1.46 bits per heavy atom. The number of carbonyl (C=O) groups is 2. The van der Waals surface area contributed by atoms with E-state index in [1.165, 1.54) is 19.1 Å². The molecule has 2 N–H and O–H groups in total. The largest absolute Gasteiger partial charge is 0.326 e. The maximum atomic E-state index is 12.3. The molecule has 2 amide bonds. The number of amides is 2. The van der Waals surface area contributed by atoms with Gasteiger partial charge in [0.05, 0.1) is 15.4 Å². The Kier molecular flexibility index (Phi) is 5.48. The third-order valence-electron chi connectivity index (χ3n) is 3.13. The van der Waals surface area contributed by atoms with Gasteiger partial charge in [-0.2, -0.15) is 0 Å². The van der Waals surface area contributed by atoms with Gasteiger partial charge in [0.15, 0.2) is 5.02 Å². The fraction of sp³-hybridized carbons (Fsp3) is 0.0667. The molecular formula is C15H11ClN4O6. The van der Waals surface area contributed by atoms with E-state index < -0.39 is 32.2 Å². The van der Waals surface area contributed by atoms with E-state index in [-0.39, 0.29) is 17.2 Å². The molecule has 0 radical (unpaired) electrons. The summed E-state index contributed by atoms with van der Waals surface area (Å²) in [4.78, 5) is 43.6. The lowest BCUT2D eigenvalue weighted by Gasteiger charge is -2.08. The van der Waals surface area contributed by atoms with Crippen molar-refractivity contribution in [3.05, 3.63) is 67.2 Å². The average Bonchev–Trinajstić information content (AvgIpc) is 2.54. The summed E-state index contributed by atoms with van der Waals surface area (Å²) in [5.41, 5.74) is -1.11. The Balaban J connectivity index is 2.36. The van der Waals surface area contributed by atoms with Crippen LogP contribution in [0.2, 0.25) is 5.02 Å². The second-order valence-corrected chi connectivity index (χ2v) is 5.44. The van der Waals surface area contributed by atoms with Gasteiger partial charge in [-0.25, -0.2) is 0 Å². The second-order valence-electron chi connectivity index (χ2n) is 5.06. The Bertz CT molecular complexity index is 895. The van der Waals surface area contributed by atoms with Crippen molar-refractivity contribution in [3.8, 4) is 0 Å². The van der Waals surface area contributed by atoms with Crippen LogP contribution in [-0.2, 0) is 4.79 Å². The Morgan fingerprint density at radius 1 is 0.962 bits per heavy atom. The number of rotatable bonds is 5. The second kappa shape index (κ2) is 7.57. The molecule has 0 aliphatic rings. The number of hydrogen-bond acceptors (Lipinski definition) is 6. The zero-order valence-electron chi connectivity index (χ0n) is 13.2. The quantitative estimate of drug-likeness (QED) is 0.602. The SMILES string of the molecule is CC(=O)Nc1cccc(NC(=O)c2cc([N+](=O)[O-])c(Cl)c([N+](=O)[O-])c2)c1. The van der Waals surface area contributed by atoms with E-state index in [0.717, 1.165) is 12.1 Å². The molecule has 0 atom stereocenters. The standard InChI is InChI=1S/C15H11ClN4O6/c1-8(21)17-10-3-2-4-11(7-10)18-15(22)9-5-12(19(23)24)14(16)13(6-9)20(25)26/h2-7H,1H3,(H,17,21)(H,18,22). The minimum absolute atomic E-state index is 0.279. The van der Waals surface area contributed by atoms with E-state index in [1.807, 2.05) is 0 Å². The molecule has 0 aliphatic carbocycles. The van der Waals surface area contributed by atoms with Crippen molar-refractivity contribution in [1.29, 1.82) is 0 Å². The van der Waals surface area contributed by atoms with Gasteiger partial charge in [-0.05, 0) is 18.2 Å². The minimum Gasteiger partial charge on any atom is -0.326 e. The van der Waals surface area contributed by atoms with E-state index in [2.05, 4.69) is 10.6 Å². The highest BCUT2D eigenvalue weighted by molar-refractivity contribution is 6.35. The maximum absolute atomic E-state index is 12.3. The number of nitro benzene ring substituents is 2. The number of nitrogens with one attached hydrogen (secondary N) is 2. The van der Waals surface area contributed by atoms with Gasteiger partial charge in [0, 0.05) is 30.4 Å². The highest BCUT2D eigenvalue weighted by Crippen LogP contribution is 2.35. The summed E-state index contributed by atoms with van der Waals surface area (Å²) < 4.78 is 0. The van der Waals surface area contributed by atoms with E-state index in [9.17, 15) is 29.8 Å². The van der Waals surface area contributed by atoms with Gasteiger partial charge in [0.25, 0.3) is 17.3 Å². The van der Waals surface area contributed by atoms with Gasteiger partial charge >= 0.3 is 0 Å². The van der Waals surface area contributed by atoms with Crippen molar-refractivity contribution in [2.75, 3.05) is 10.6 Å². The predicted molar refractivity (Wildman–Crippen MR) is 93.5 cm³/mol. The summed E-state index contributed by atoms with van der Waals surface area (Å²) in [6.45, 7) is 1.32. The molecule has 2 rings (SSSR count). The van der Waals surface area contributed by atoms with Crippen LogP contribution in [0.25, 0.3) is 0 Å². The summed E-state index contributed by atoms with van der Waals surface area (Å²) >= 11 is 5.65. The Labute approximate surface area is 151 Å². The first-order valence-electron chi connectivity index (χ1n) is 7.00. The maximum Gasteiger partial charge on any atom is 0.295 e. The normalized spacial score (nSPS) is 10.1. The number of nitro groups is 2. The zero-order valence-corrected chi connectivity index (χ0v) is 13.9. The van der Waals surface area contributed by atoms with Crippen LogP contribution < -0.4 is 10.6 Å². The molecule has 10 nitrogen and oxygen atoms in total. The smallest absolute Gasteiger partial charge is 0.295 e. The number of anilines is 2. The first kappa shape index (κ1) is 18.8. The van der Waals surface area contributed by atoms with Crippen molar-refractivity contribution in [2.45, 2.75) is 6.92 Å². The molecule has 134 valence electrons. The van der Waals surface area contributed by atoms with E-state index >= 15 is 0 Å². The molecule has 26 heavy (non-hydrogen) atoms. The molecule has 2 aromatic rings. The molecule has 0 bridgehead atoms. The third-order valence-corrected chi connectivity index (χ3v) is 3.52. The summed E-state index contributed by atoms with van der Waals surface area (Å²) in [5.74, 6) is -1.12. The van der Waals surface area contributed by atoms with Gasteiger partial charge in [-0.3, -0.25) is 29.8 Å². The van der Waals surface area contributed by atoms with Crippen LogP contribution in [0, 0.1) is 20.2 Å². The van der Waals surface area contributed by atoms with Crippen LogP contribution >= 0.6 is 11.6 Å². The summed E-state index contributed by atoms with van der Waals surface area (Å²) in [6, 6.07) is 7.83. The molecule has 0 fully saturated rings. The molecule has 0 spiro atoms. The first-order valence-corrected chi connectivity index (χ1v) is 7.38. The molecule has 0 saturated carbocycles. The number of halogens is 1. The highest BCUT2D eigenvalue weighted by Gasteiger charge is 2.27. The average molecular weight is 379 g/mol. The fourth-order valence-corrected chi connectivity index (χ4v) is 2.32. The van der Waals surface area contributed by atoms with Crippen molar-refractivity contribution >= 4 is 46.2 Å². The minimum atomic E-state index is -0.913. The molecule has 0 unspecified atom stereocenters. The van der Waals surface area contributed by atoms with Crippen LogP contribution in [0.15, 0.2) is 36.4 Å². The predicted octanol–water partition coefficient (Wildman–Crippen LogP) is 3.37. The third kappa shape index (κ3) is 4.30. The van der Waals surface area contributed by atoms with Crippen LogP contribution in [0.1, 0.15) is 17.3 Å². The summed E-state index contributed by atoms with van der Waals surface area (Å²) in [5, 5.41) is 26.3. The van der Waals surface area contributed by atoms with Crippen molar-refractivity contribution in [2.24, 2.45) is 0 Å². The first-order chi connectivity index (χ1) is 12.2. The van der Waals surface area contributed by atoms with E-state index in [1.54, 1.807) is 12.1 Å². The Hall–Kier alpha value is -3.53. The number of carbonyl (C=O) groups excluding carboxylic acids is 2. The zero-order chi connectivity index (χ0) is 19.4. The molecule has 0 aromatic heterocycles.